The van der Waals surface area contributed by atoms with Crippen LogP contribution in [0.3, 0.4) is 0 Å². The molecule has 0 spiro atoms. The number of methoxy groups -OCH3 is 2. The van der Waals surface area contributed by atoms with E-state index in [2.05, 4.69) is 16.5 Å². The van der Waals surface area contributed by atoms with Gasteiger partial charge in [0.25, 0.3) is 0 Å². The lowest BCUT2D eigenvalue weighted by molar-refractivity contribution is -0.904. The summed E-state index contributed by atoms with van der Waals surface area (Å²) in [5, 5.41) is 16.5. The zero-order valence-electron chi connectivity index (χ0n) is 18.2. The minimum atomic E-state index is -0.466. The van der Waals surface area contributed by atoms with E-state index in [0.29, 0.717) is 46.5 Å². The summed E-state index contributed by atoms with van der Waals surface area (Å²) in [4.78, 5) is 4.05. The number of allylic oxidation sites excluding steroid dienone is 1. The smallest absolute Gasteiger partial charge is 0.141 e. The molecular formula is C23H26Cl2N4O3. The topological polar surface area (TPSA) is 74.1 Å². The van der Waals surface area contributed by atoms with Gasteiger partial charge in [0.1, 0.15) is 23.6 Å². The predicted octanol–water partition coefficient (Wildman–Crippen LogP) is 4.16. The third-order valence-corrected chi connectivity index (χ3v) is 6.84. The standard InChI is InChI=1S/C23H26Cl2N4O3/c1-4-17-16-13-28(27-15-5-8-26-9-6-15)10-7-14(16)11-18(29(17)30)21-22(24)19(31-2)12-20(32-3)23(21)25/h5-10,12,17-18,29H,4,11,13H2,1-3H3,(H,26,27). The monoisotopic (exact) mass is 476 g/mol. The molecule has 7 nitrogen and oxygen atoms in total. The Morgan fingerprint density at radius 1 is 1.19 bits per heavy atom. The molecule has 2 aliphatic rings. The van der Waals surface area contributed by atoms with Crippen LogP contribution in [0.25, 0.3) is 0 Å². The van der Waals surface area contributed by atoms with Gasteiger partial charge in [-0.05, 0) is 23.8 Å². The molecule has 0 saturated heterocycles. The molecule has 3 heterocycles. The molecule has 0 radical (unpaired) electrons. The van der Waals surface area contributed by atoms with Gasteiger partial charge in [0.2, 0.25) is 0 Å². The summed E-state index contributed by atoms with van der Waals surface area (Å²) in [6, 6.07) is 4.76. The first-order valence-corrected chi connectivity index (χ1v) is 11.2. The van der Waals surface area contributed by atoms with Gasteiger partial charge < -0.3 is 19.7 Å². The Kier molecular flexibility index (Phi) is 6.81. The molecule has 0 saturated carbocycles. The summed E-state index contributed by atoms with van der Waals surface area (Å²) in [7, 11) is 3.07. The van der Waals surface area contributed by atoms with Crippen LogP contribution < -0.4 is 20.0 Å². The van der Waals surface area contributed by atoms with Gasteiger partial charge in [-0.2, -0.15) is 0 Å². The van der Waals surface area contributed by atoms with Crippen LogP contribution in [0.4, 0.5) is 5.69 Å². The number of quaternary nitrogens is 1. The number of nitrogens with zero attached hydrogens (tertiary/aromatic N) is 2. The van der Waals surface area contributed by atoms with Gasteiger partial charge in [0.05, 0.1) is 42.1 Å². The average Bonchev–Trinajstić information content (AvgIpc) is 2.80. The highest BCUT2D eigenvalue weighted by Crippen LogP contribution is 2.45. The van der Waals surface area contributed by atoms with Gasteiger partial charge in [0, 0.05) is 43.1 Å². The molecule has 2 aliphatic heterocycles. The number of aromatic nitrogens is 1. The molecular weight excluding hydrogens is 451 g/mol. The molecule has 9 heteroatoms. The van der Waals surface area contributed by atoms with E-state index in [-0.39, 0.29) is 11.1 Å². The second-order valence-corrected chi connectivity index (χ2v) is 8.54. The van der Waals surface area contributed by atoms with Crippen molar-refractivity contribution in [1.29, 1.82) is 0 Å². The van der Waals surface area contributed by atoms with E-state index in [1.807, 2.05) is 30.3 Å². The molecule has 3 unspecified atom stereocenters. The van der Waals surface area contributed by atoms with Crippen molar-refractivity contribution >= 4 is 28.9 Å². The van der Waals surface area contributed by atoms with E-state index in [1.54, 1.807) is 18.5 Å². The molecule has 0 bridgehead atoms. The van der Waals surface area contributed by atoms with Crippen LogP contribution in [0.2, 0.25) is 10.0 Å². The maximum atomic E-state index is 13.7. The number of rotatable bonds is 6. The van der Waals surface area contributed by atoms with Crippen LogP contribution in [0.15, 0.2) is 54.0 Å². The first kappa shape index (κ1) is 22.7. The first-order valence-electron chi connectivity index (χ1n) is 10.5. The number of pyridine rings is 1. The van der Waals surface area contributed by atoms with Crippen molar-refractivity contribution in [1.82, 2.24) is 9.99 Å². The van der Waals surface area contributed by atoms with Crippen LogP contribution in [-0.2, 0) is 0 Å². The molecule has 0 fully saturated rings. The summed E-state index contributed by atoms with van der Waals surface area (Å²) in [6.07, 6.45) is 8.75. The number of halogens is 2. The number of hydrazine groups is 1. The lowest BCUT2D eigenvalue weighted by atomic mass is 9.84. The summed E-state index contributed by atoms with van der Waals surface area (Å²) in [6.45, 7) is 2.65. The molecule has 2 aromatic rings. The van der Waals surface area contributed by atoms with E-state index in [9.17, 15) is 5.21 Å². The van der Waals surface area contributed by atoms with Crippen LogP contribution in [0.5, 0.6) is 11.5 Å². The number of hydroxylamine groups is 2. The van der Waals surface area contributed by atoms with Crippen molar-refractivity contribution in [3.63, 3.8) is 0 Å². The summed E-state index contributed by atoms with van der Waals surface area (Å²) < 4.78 is 10.8. The number of nitrogens with one attached hydrogen (secondary N) is 2. The third-order valence-electron chi connectivity index (χ3n) is 6.06. The Morgan fingerprint density at radius 3 is 2.44 bits per heavy atom. The summed E-state index contributed by atoms with van der Waals surface area (Å²) in [5.74, 6) is 0.880. The fourth-order valence-corrected chi connectivity index (χ4v) is 5.23. The van der Waals surface area contributed by atoms with Crippen molar-refractivity contribution in [2.24, 2.45) is 0 Å². The fourth-order valence-electron chi connectivity index (χ4n) is 4.46. The van der Waals surface area contributed by atoms with E-state index in [4.69, 9.17) is 32.7 Å². The Morgan fingerprint density at radius 2 is 1.84 bits per heavy atom. The largest absolute Gasteiger partial charge is 0.633 e. The predicted molar refractivity (Wildman–Crippen MR) is 126 cm³/mol. The lowest BCUT2D eigenvalue weighted by Crippen LogP contribution is -3.12. The normalized spacial score (nSPS) is 22.6. The van der Waals surface area contributed by atoms with Crippen molar-refractivity contribution in [2.75, 3.05) is 26.2 Å². The highest BCUT2D eigenvalue weighted by Gasteiger charge is 2.39. The molecule has 0 aliphatic carbocycles. The number of anilines is 1. The zero-order chi connectivity index (χ0) is 22.8. The van der Waals surface area contributed by atoms with Gasteiger partial charge in [-0.3, -0.25) is 15.4 Å². The Labute approximate surface area is 197 Å². The van der Waals surface area contributed by atoms with Crippen molar-refractivity contribution in [2.45, 2.75) is 31.8 Å². The van der Waals surface area contributed by atoms with Crippen molar-refractivity contribution in [3.8, 4) is 11.5 Å². The second-order valence-electron chi connectivity index (χ2n) is 7.78. The van der Waals surface area contributed by atoms with Gasteiger partial charge in [-0.1, -0.05) is 30.1 Å². The highest BCUT2D eigenvalue weighted by atomic mass is 35.5. The molecule has 1 aromatic heterocycles. The molecule has 170 valence electrons. The molecule has 4 rings (SSSR count). The molecule has 32 heavy (non-hydrogen) atoms. The molecule has 2 N–H and O–H groups in total. The number of benzene rings is 1. The minimum absolute atomic E-state index is 0.115. The van der Waals surface area contributed by atoms with Gasteiger partial charge in [-0.25, -0.2) is 0 Å². The summed E-state index contributed by atoms with van der Waals surface area (Å²) >= 11 is 13.3. The number of ether oxygens (including phenoxy) is 2. The van der Waals surface area contributed by atoms with E-state index >= 15 is 0 Å². The first-order chi connectivity index (χ1) is 15.5. The third kappa shape index (κ3) is 4.13. The van der Waals surface area contributed by atoms with Crippen LogP contribution in [-0.4, -0.2) is 36.8 Å². The van der Waals surface area contributed by atoms with Crippen LogP contribution in [0, 0.1) is 5.21 Å². The second kappa shape index (κ2) is 9.58. The average molecular weight is 477 g/mol. The van der Waals surface area contributed by atoms with Crippen molar-refractivity contribution < 1.29 is 14.5 Å². The minimum Gasteiger partial charge on any atom is -0.633 e. The Hall–Kier alpha value is -2.45. The number of hydrogen-bond acceptors (Lipinski definition) is 6. The zero-order valence-corrected chi connectivity index (χ0v) is 19.7. The molecule has 3 atom stereocenters. The molecule has 0 amide bonds. The van der Waals surface area contributed by atoms with Crippen molar-refractivity contribution in [3.05, 3.63) is 74.8 Å². The summed E-state index contributed by atoms with van der Waals surface area (Å²) in [5.41, 5.74) is 7.13. The van der Waals surface area contributed by atoms with Gasteiger partial charge >= 0.3 is 0 Å². The maximum Gasteiger partial charge on any atom is 0.141 e. The fraction of sp³-hybridized carbons (Fsp3) is 0.348. The van der Waals surface area contributed by atoms with E-state index in [1.165, 1.54) is 14.2 Å². The van der Waals surface area contributed by atoms with Crippen LogP contribution >= 0.6 is 23.2 Å². The van der Waals surface area contributed by atoms with Gasteiger partial charge in [0.15, 0.2) is 0 Å². The number of hydrogen-bond donors (Lipinski definition) is 2. The molecule has 1 aromatic carbocycles. The Balaban J connectivity index is 1.67. The SMILES string of the molecule is CCC1C2=C(C=CN(Nc3ccncc3)C2)CC(c2c(Cl)c(OC)cc(OC)c2Cl)[NH+]1[O-]. The van der Waals surface area contributed by atoms with Gasteiger partial charge in [-0.15, -0.1) is 0 Å². The lowest BCUT2D eigenvalue weighted by Gasteiger charge is -2.46. The van der Waals surface area contributed by atoms with E-state index in [0.717, 1.165) is 16.8 Å². The maximum absolute atomic E-state index is 13.7. The quantitative estimate of drug-likeness (QED) is 0.609. The van der Waals surface area contributed by atoms with Crippen LogP contribution in [0.1, 0.15) is 31.4 Å². The van der Waals surface area contributed by atoms with E-state index < -0.39 is 6.04 Å². The Bertz CT molecular complexity index is 1020. The highest BCUT2D eigenvalue weighted by molar-refractivity contribution is 6.38.